The van der Waals surface area contributed by atoms with E-state index >= 15 is 0 Å². The normalized spacial score (nSPS) is 12.2. The van der Waals surface area contributed by atoms with Crippen LogP contribution in [0.2, 0.25) is 0 Å². The van der Waals surface area contributed by atoms with Gasteiger partial charge < -0.3 is 10.1 Å². The molecule has 0 aliphatic carbocycles. The first kappa shape index (κ1) is 16.2. The number of aromatic hydroxyl groups is 1. The molecule has 126 valence electrons. The van der Waals surface area contributed by atoms with Gasteiger partial charge >= 0.3 is 0 Å². The van der Waals surface area contributed by atoms with E-state index in [9.17, 15) is 5.11 Å². The molecule has 0 aliphatic rings. The van der Waals surface area contributed by atoms with E-state index in [2.05, 4.69) is 66.0 Å². The summed E-state index contributed by atoms with van der Waals surface area (Å²) in [5.74, 6) is 0.286. The number of halogens is 1. The molecule has 2 nitrogen and oxygen atoms in total. The number of hydrogen-bond donors (Lipinski definition) is 2. The smallest absolute Gasteiger partial charge is 0.138 e. The van der Waals surface area contributed by atoms with Crippen molar-refractivity contribution in [2.75, 3.05) is 0 Å². The summed E-state index contributed by atoms with van der Waals surface area (Å²) in [5, 5.41) is 14.2. The fourth-order valence-electron chi connectivity index (χ4n) is 3.52. The highest BCUT2D eigenvalue weighted by molar-refractivity contribution is 9.10. The lowest BCUT2D eigenvalue weighted by Gasteiger charge is -2.21. The predicted molar refractivity (Wildman–Crippen MR) is 109 cm³/mol. The summed E-state index contributed by atoms with van der Waals surface area (Å²) in [5.41, 5.74) is 4.10. The molecule has 0 radical (unpaired) electrons. The number of para-hydroxylation sites is 1. The summed E-state index contributed by atoms with van der Waals surface area (Å²) in [6.07, 6.45) is 0. The molecule has 3 aromatic carbocycles. The van der Waals surface area contributed by atoms with Gasteiger partial charge in [-0.25, -0.2) is 0 Å². The summed E-state index contributed by atoms with van der Waals surface area (Å²) in [6.45, 7) is 6.58. The van der Waals surface area contributed by atoms with Crippen LogP contribution in [-0.4, -0.2) is 10.1 Å². The number of rotatable bonds is 1. The molecule has 0 aliphatic heterocycles. The number of phenols is 1. The van der Waals surface area contributed by atoms with Crippen LogP contribution in [0.5, 0.6) is 5.75 Å². The van der Waals surface area contributed by atoms with Crippen molar-refractivity contribution in [1.29, 1.82) is 0 Å². The molecular weight excluding hydrogens is 374 g/mol. The highest BCUT2D eigenvalue weighted by Crippen LogP contribution is 2.47. The van der Waals surface area contributed by atoms with E-state index < -0.39 is 0 Å². The zero-order valence-corrected chi connectivity index (χ0v) is 16.1. The fourth-order valence-corrected chi connectivity index (χ4v) is 3.96. The Morgan fingerprint density at radius 2 is 1.52 bits per heavy atom. The monoisotopic (exact) mass is 393 g/mol. The van der Waals surface area contributed by atoms with E-state index in [1.54, 1.807) is 0 Å². The summed E-state index contributed by atoms with van der Waals surface area (Å²) < 4.78 is 0.714. The Hall–Kier alpha value is -2.26. The number of H-pyrrole nitrogens is 1. The second kappa shape index (κ2) is 5.63. The van der Waals surface area contributed by atoms with Gasteiger partial charge in [-0.05, 0) is 38.8 Å². The van der Waals surface area contributed by atoms with E-state index in [0.29, 0.717) is 4.47 Å². The van der Waals surface area contributed by atoms with Crippen molar-refractivity contribution in [2.24, 2.45) is 0 Å². The number of fused-ring (bicyclic) bond motifs is 2. The van der Waals surface area contributed by atoms with Gasteiger partial charge in [0.05, 0.1) is 4.47 Å². The number of aromatic amines is 1. The lowest BCUT2D eigenvalue weighted by atomic mass is 9.85. The highest BCUT2D eigenvalue weighted by Gasteiger charge is 2.26. The lowest BCUT2D eigenvalue weighted by Crippen LogP contribution is -2.13. The van der Waals surface area contributed by atoms with Crippen LogP contribution in [0.15, 0.2) is 59.1 Å². The van der Waals surface area contributed by atoms with Crippen LogP contribution in [0.4, 0.5) is 0 Å². The third-order valence-electron chi connectivity index (χ3n) is 4.68. The number of aromatic nitrogens is 1. The molecule has 0 amide bonds. The second-order valence-electron chi connectivity index (χ2n) is 7.47. The van der Waals surface area contributed by atoms with Gasteiger partial charge in [-0.15, -0.1) is 0 Å². The van der Waals surface area contributed by atoms with Crippen molar-refractivity contribution in [3.63, 3.8) is 0 Å². The number of hydrogen-bond acceptors (Lipinski definition) is 1. The van der Waals surface area contributed by atoms with Crippen LogP contribution in [0.1, 0.15) is 26.5 Å². The van der Waals surface area contributed by atoms with Gasteiger partial charge in [0, 0.05) is 33.1 Å². The molecule has 1 aromatic heterocycles. The Labute approximate surface area is 155 Å². The third kappa shape index (κ3) is 2.54. The second-order valence-corrected chi connectivity index (χ2v) is 8.33. The molecule has 4 aromatic rings. The fraction of sp³-hybridized carbons (Fsp3) is 0.182. The van der Waals surface area contributed by atoms with E-state index in [1.807, 2.05) is 30.3 Å². The topological polar surface area (TPSA) is 36.0 Å². The Balaban J connectivity index is 2.23. The van der Waals surface area contributed by atoms with Gasteiger partial charge in [0.2, 0.25) is 0 Å². The molecular formula is C22H20BrNO. The van der Waals surface area contributed by atoms with E-state index in [0.717, 1.165) is 38.5 Å². The average molecular weight is 394 g/mol. The van der Waals surface area contributed by atoms with Crippen molar-refractivity contribution >= 4 is 37.6 Å². The van der Waals surface area contributed by atoms with Crippen molar-refractivity contribution in [3.8, 4) is 16.9 Å². The summed E-state index contributed by atoms with van der Waals surface area (Å²) in [4.78, 5) is 3.59. The Kier molecular flexibility index (Phi) is 3.66. The number of nitrogens with one attached hydrogen (secondary N) is 1. The first-order valence-corrected chi connectivity index (χ1v) is 9.19. The highest BCUT2D eigenvalue weighted by atomic mass is 79.9. The molecule has 0 spiro atoms. The third-order valence-corrected chi connectivity index (χ3v) is 5.29. The molecule has 0 fully saturated rings. The molecule has 25 heavy (non-hydrogen) atoms. The molecule has 0 bridgehead atoms. The van der Waals surface area contributed by atoms with Crippen LogP contribution < -0.4 is 0 Å². The van der Waals surface area contributed by atoms with Crippen molar-refractivity contribution in [1.82, 2.24) is 4.98 Å². The number of phenolic OH excluding ortho intramolecular Hbond substituents is 1. The first-order chi connectivity index (χ1) is 11.9. The van der Waals surface area contributed by atoms with Crippen LogP contribution in [-0.2, 0) is 5.41 Å². The van der Waals surface area contributed by atoms with Gasteiger partial charge in [0.1, 0.15) is 5.75 Å². The minimum atomic E-state index is -0.0792. The van der Waals surface area contributed by atoms with E-state index in [-0.39, 0.29) is 11.2 Å². The molecule has 0 unspecified atom stereocenters. The van der Waals surface area contributed by atoms with E-state index in [1.165, 1.54) is 0 Å². The molecule has 4 rings (SSSR count). The standard InChI is InChI=1S/C22H20BrNO/c1-22(2,3)21-19(15-10-6-7-11-17(15)24-21)18-14-9-5-4-8-13(14)12-16(23)20(18)25/h4-12,24-25H,1-3H3. The molecule has 0 atom stereocenters. The van der Waals surface area contributed by atoms with Crippen LogP contribution in [0.25, 0.3) is 32.8 Å². The Bertz CT molecular complexity index is 1100. The molecule has 2 N–H and O–H groups in total. The predicted octanol–water partition coefficient (Wildman–Crippen LogP) is 6.75. The van der Waals surface area contributed by atoms with Gasteiger partial charge in [0.25, 0.3) is 0 Å². The zero-order valence-electron chi connectivity index (χ0n) is 14.5. The number of benzene rings is 3. The minimum absolute atomic E-state index is 0.0792. The quantitative estimate of drug-likeness (QED) is 0.368. The Morgan fingerprint density at radius 3 is 2.24 bits per heavy atom. The maximum absolute atomic E-state index is 11.0. The first-order valence-electron chi connectivity index (χ1n) is 8.39. The molecule has 0 saturated heterocycles. The average Bonchev–Trinajstić information content (AvgIpc) is 2.96. The van der Waals surface area contributed by atoms with Gasteiger partial charge in [-0.2, -0.15) is 0 Å². The van der Waals surface area contributed by atoms with Crippen LogP contribution in [0, 0.1) is 0 Å². The largest absolute Gasteiger partial charge is 0.506 e. The minimum Gasteiger partial charge on any atom is -0.506 e. The van der Waals surface area contributed by atoms with Gasteiger partial charge in [-0.1, -0.05) is 63.2 Å². The summed E-state index contributed by atoms with van der Waals surface area (Å²) >= 11 is 3.53. The van der Waals surface area contributed by atoms with E-state index in [4.69, 9.17) is 0 Å². The lowest BCUT2D eigenvalue weighted by molar-refractivity contribution is 0.474. The maximum atomic E-state index is 11.0. The maximum Gasteiger partial charge on any atom is 0.138 e. The molecule has 1 heterocycles. The Morgan fingerprint density at radius 1 is 0.880 bits per heavy atom. The summed E-state index contributed by atoms with van der Waals surface area (Å²) in [7, 11) is 0. The SMILES string of the molecule is CC(C)(C)c1[nH]c2ccccc2c1-c1c(O)c(Br)cc2ccccc12. The van der Waals surface area contributed by atoms with Crippen molar-refractivity contribution in [2.45, 2.75) is 26.2 Å². The van der Waals surface area contributed by atoms with Crippen LogP contribution >= 0.6 is 15.9 Å². The van der Waals surface area contributed by atoms with Gasteiger partial charge in [-0.3, -0.25) is 0 Å². The summed E-state index contributed by atoms with van der Waals surface area (Å²) in [6, 6.07) is 18.5. The van der Waals surface area contributed by atoms with Gasteiger partial charge in [0.15, 0.2) is 0 Å². The zero-order chi connectivity index (χ0) is 17.8. The molecule has 0 saturated carbocycles. The van der Waals surface area contributed by atoms with Crippen molar-refractivity contribution < 1.29 is 5.11 Å². The van der Waals surface area contributed by atoms with Crippen LogP contribution in [0.3, 0.4) is 0 Å². The van der Waals surface area contributed by atoms with Crippen molar-refractivity contribution in [3.05, 3.63) is 64.8 Å². The molecule has 3 heteroatoms.